The Morgan fingerprint density at radius 2 is 1.65 bits per heavy atom. The van der Waals surface area contributed by atoms with Gasteiger partial charge >= 0.3 is 0 Å². The first-order valence-corrected chi connectivity index (χ1v) is 8.98. The van der Waals surface area contributed by atoms with Crippen molar-refractivity contribution in [1.29, 1.82) is 0 Å². The van der Waals surface area contributed by atoms with Gasteiger partial charge in [0.2, 0.25) is 5.91 Å². The summed E-state index contributed by atoms with van der Waals surface area (Å²) in [5, 5.41) is 2.84. The Hall–Kier alpha value is -1.92. The first-order valence-electron chi connectivity index (χ1n) is 8.98. The van der Waals surface area contributed by atoms with E-state index < -0.39 is 0 Å². The predicted octanol–water partition coefficient (Wildman–Crippen LogP) is 2.12. The molecule has 3 amide bonds. The molecule has 2 aliphatic rings. The number of benzene rings is 1. The maximum Gasteiger partial charge on any atom is 0.261 e. The summed E-state index contributed by atoms with van der Waals surface area (Å²) in [5.74, 6) is -0.634. The fourth-order valence-electron chi connectivity index (χ4n) is 3.91. The van der Waals surface area contributed by atoms with Gasteiger partial charge < -0.3 is 11.1 Å². The average Bonchev–Trinajstić information content (AvgIpc) is 2.88. The molecule has 1 saturated carbocycles. The van der Waals surface area contributed by atoms with E-state index in [2.05, 4.69) is 5.32 Å². The third-order valence-electron chi connectivity index (χ3n) is 5.42. The zero-order chi connectivity index (χ0) is 17.9. The number of rotatable bonds is 6. The molecule has 0 bridgehead atoms. The maximum absolute atomic E-state index is 12.3. The molecule has 3 N–H and O–H groups in total. The van der Waals surface area contributed by atoms with Gasteiger partial charge in [-0.05, 0) is 36.9 Å². The van der Waals surface area contributed by atoms with Crippen molar-refractivity contribution >= 4 is 30.1 Å². The Morgan fingerprint density at radius 3 is 2.19 bits per heavy atom. The maximum atomic E-state index is 12.3. The van der Waals surface area contributed by atoms with E-state index in [0.29, 0.717) is 24.1 Å². The van der Waals surface area contributed by atoms with E-state index in [-0.39, 0.29) is 48.6 Å². The number of nitrogens with two attached hydrogens (primary N) is 1. The second-order valence-electron chi connectivity index (χ2n) is 7.10. The summed E-state index contributed by atoms with van der Waals surface area (Å²) in [7, 11) is 0. The monoisotopic (exact) mass is 379 g/mol. The summed E-state index contributed by atoms with van der Waals surface area (Å²) in [6.07, 6.45) is 5.87. The van der Waals surface area contributed by atoms with E-state index in [0.717, 1.165) is 25.7 Å². The van der Waals surface area contributed by atoms with Crippen LogP contribution in [0.1, 0.15) is 59.2 Å². The number of carbonyl (C=O) groups is 3. The van der Waals surface area contributed by atoms with Crippen LogP contribution in [0.4, 0.5) is 0 Å². The second-order valence-corrected chi connectivity index (χ2v) is 7.10. The van der Waals surface area contributed by atoms with E-state index in [4.69, 9.17) is 5.73 Å². The van der Waals surface area contributed by atoms with Crippen molar-refractivity contribution in [3.63, 3.8) is 0 Å². The largest absolute Gasteiger partial charge is 0.354 e. The van der Waals surface area contributed by atoms with Crippen LogP contribution in [0.5, 0.6) is 0 Å². The van der Waals surface area contributed by atoms with Gasteiger partial charge in [-0.3, -0.25) is 19.3 Å². The highest BCUT2D eigenvalue weighted by molar-refractivity contribution is 6.21. The summed E-state index contributed by atoms with van der Waals surface area (Å²) in [5.41, 5.74) is 6.70. The highest BCUT2D eigenvalue weighted by atomic mass is 35.5. The topological polar surface area (TPSA) is 92.5 Å². The fourth-order valence-corrected chi connectivity index (χ4v) is 3.91. The smallest absolute Gasteiger partial charge is 0.261 e. The molecule has 1 aliphatic carbocycles. The number of nitrogens with zero attached hydrogens (tertiary/aromatic N) is 1. The molecule has 142 valence electrons. The lowest BCUT2D eigenvalue weighted by Gasteiger charge is -2.35. The van der Waals surface area contributed by atoms with Gasteiger partial charge in [0.1, 0.15) is 0 Å². The van der Waals surface area contributed by atoms with E-state index in [1.807, 2.05) is 0 Å². The third-order valence-corrected chi connectivity index (χ3v) is 5.42. The zero-order valence-corrected chi connectivity index (χ0v) is 15.6. The second kappa shape index (κ2) is 8.64. The summed E-state index contributed by atoms with van der Waals surface area (Å²) in [6.45, 7) is 0.984. The van der Waals surface area contributed by atoms with Gasteiger partial charge in [0.15, 0.2) is 0 Å². The first-order chi connectivity index (χ1) is 12.1. The van der Waals surface area contributed by atoms with Crippen molar-refractivity contribution in [1.82, 2.24) is 10.2 Å². The van der Waals surface area contributed by atoms with Crippen LogP contribution in [0.25, 0.3) is 0 Å². The number of imide groups is 1. The number of carbonyl (C=O) groups excluding carboxylic acids is 3. The quantitative estimate of drug-likeness (QED) is 0.740. The molecule has 0 atom stereocenters. The minimum absolute atomic E-state index is 0. The van der Waals surface area contributed by atoms with E-state index in [1.165, 1.54) is 11.3 Å². The number of halogens is 1. The summed E-state index contributed by atoms with van der Waals surface area (Å²) >= 11 is 0. The number of nitrogens with one attached hydrogen (secondary N) is 1. The van der Waals surface area contributed by atoms with Crippen molar-refractivity contribution in [3.05, 3.63) is 35.4 Å². The van der Waals surface area contributed by atoms with Crippen molar-refractivity contribution in [3.8, 4) is 0 Å². The lowest BCUT2D eigenvalue weighted by Crippen LogP contribution is -2.41. The normalized spacial score (nSPS) is 18.3. The van der Waals surface area contributed by atoms with Crippen molar-refractivity contribution in [2.75, 3.05) is 19.6 Å². The van der Waals surface area contributed by atoms with E-state index >= 15 is 0 Å². The molecule has 6 nitrogen and oxygen atoms in total. The molecular weight excluding hydrogens is 354 g/mol. The van der Waals surface area contributed by atoms with E-state index in [1.54, 1.807) is 24.3 Å². The Morgan fingerprint density at radius 1 is 1.08 bits per heavy atom. The number of hydrogen-bond donors (Lipinski definition) is 2. The van der Waals surface area contributed by atoms with Crippen LogP contribution in [-0.2, 0) is 4.79 Å². The highest BCUT2D eigenvalue weighted by Gasteiger charge is 2.35. The van der Waals surface area contributed by atoms with Crippen LogP contribution in [0.15, 0.2) is 24.3 Å². The van der Waals surface area contributed by atoms with Gasteiger partial charge in [-0.2, -0.15) is 0 Å². The third kappa shape index (κ3) is 4.07. The molecule has 0 radical (unpaired) electrons. The molecule has 26 heavy (non-hydrogen) atoms. The minimum atomic E-state index is -0.291. The Bertz CT molecular complexity index is 651. The Kier molecular flexibility index (Phi) is 6.78. The fraction of sp³-hybridized carbons (Fsp3) is 0.526. The van der Waals surface area contributed by atoms with Crippen LogP contribution >= 0.6 is 12.4 Å². The van der Waals surface area contributed by atoms with Gasteiger partial charge in [0, 0.05) is 19.5 Å². The molecule has 1 aromatic rings. The molecule has 1 aromatic carbocycles. The van der Waals surface area contributed by atoms with Crippen molar-refractivity contribution in [2.24, 2.45) is 11.1 Å². The first kappa shape index (κ1) is 20.4. The SMILES string of the molecule is Cl.NCC1(CC(=O)NCCN2C(=O)c3ccccc3C2=O)CCCCC1. The number of fused-ring (bicyclic) bond motifs is 1. The number of amides is 3. The van der Waals surface area contributed by atoms with Gasteiger partial charge in [0.05, 0.1) is 11.1 Å². The van der Waals surface area contributed by atoms with Crippen LogP contribution in [0, 0.1) is 5.41 Å². The van der Waals surface area contributed by atoms with Crippen LogP contribution in [0.2, 0.25) is 0 Å². The highest BCUT2D eigenvalue weighted by Crippen LogP contribution is 2.38. The van der Waals surface area contributed by atoms with Gasteiger partial charge in [-0.1, -0.05) is 31.4 Å². The van der Waals surface area contributed by atoms with Crippen LogP contribution < -0.4 is 11.1 Å². The van der Waals surface area contributed by atoms with Crippen molar-refractivity contribution < 1.29 is 14.4 Å². The summed E-state index contributed by atoms with van der Waals surface area (Å²) in [6, 6.07) is 6.79. The molecule has 0 unspecified atom stereocenters. The molecule has 0 spiro atoms. The molecule has 0 saturated heterocycles. The molecule has 1 fully saturated rings. The minimum Gasteiger partial charge on any atom is -0.354 e. The number of hydrogen-bond acceptors (Lipinski definition) is 4. The van der Waals surface area contributed by atoms with Gasteiger partial charge in [-0.15, -0.1) is 12.4 Å². The predicted molar refractivity (Wildman–Crippen MR) is 101 cm³/mol. The van der Waals surface area contributed by atoms with Gasteiger partial charge in [0.25, 0.3) is 11.8 Å². The Balaban J connectivity index is 0.00000243. The van der Waals surface area contributed by atoms with Gasteiger partial charge in [-0.25, -0.2) is 0 Å². The Labute approximate surface area is 159 Å². The lowest BCUT2D eigenvalue weighted by atomic mass is 9.71. The lowest BCUT2D eigenvalue weighted by molar-refractivity contribution is -0.123. The van der Waals surface area contributed by atoms with E-state index in [9.17, 15) is 14.4 Å². The summed E-state index contributed by atoms with van der Waals surface area (Å²) in [4.78, 5) is 38.0. The summed E-state index contributed by atoms with van der Waals surface area (Å²) < 4.78 is 0. The standard InChI is InChI=1S/C19H25N3O3.ClH/c20-13-19(8-4-1-5-9-19)12-16(23)21-10-11-22-17(24)14-6-2-3-7-15(14)18(22)25;/h2-3,6-7H,1,4-5,8-13,20H2,(H,21,23);1H. The van der Waals surface area contributed by atoms with Crippen LogP contribution in [0.3, 0.4) is 0 Å². The van der Waals surface area contributed by atoms with Crippen LogP contribution in [-0.4, -0.2) is 42.3 Å². The molecular formula is C19H26ClN3O3. The molecule has 0 aromatic heterocycles. The average molecular weight is 380 g/mol. The molecule has 3 rings (SSSR count). The molecule has 1 aliphatic heterocycles. The molecule has 7 heteroatoms. The van der Waals surface area contributed by atoms with Crippen molar-refractivity contribution in [2.45, 2.75) is 38.5 Å². The molecule has 1 heterocycles. The zero-order valence-electron chi connectivity index (χ0n) is 14.8.